The number of hydrogen-bond donors (Lipinski definition) is 2. The Bertz CT molecular complexity index is 812. The molecule has 2 amide bonds. The summed E-state index contributed by atoms with van der Waals surface area (Å²) in [7, 11) is 1.61. The van der Waals surface area contributed by atoms with Crippen molar-refractivity contribution >= 4 is 36.0 Å². The maximum absolute atomic E-state index is 12.3. The molecule has 0 fully saturated rings. The fourth-order valence-electron chi connectivity index (χ4n) is 2.35. The van der Waals surface area contributed by atoms with Gasteiger partial charge in [-0.2, -0.15) is 13.5 Å². The minimum absolute atomic E-state index is 0. The van der Waals surface area contributed by atoms with Gasteiger partial charge in [-0.25, -0.2) is 9.78 Å². The van der Waals surface area contributed by atoms with E-state index in [4.69, 9.17) is 4.74 Å². The Morgan fingerprint density at radius 3 is 2.62 bits per heavy atom. The largest absolute Gasteiger partial charge is 0.382 e. The summed E-state index contributed by atoms with van der Waals surface area (Å²) >= 11 is 1.37. The van der Waals surface area contributed by atoms with Crippen LogP contribution < -0.4 is 10.6 Å². The van der Waals surface area contributed by atoms with Crippen molar-refractivity contribution in [3.63, 3.8) is 0 Å². The standard InChI is InChI=1S/C18H18N4O2S.H2S/c1-24-11-15(13-5-3-2-4-6-13)20-17(23)22-18-21-16(12-25-18)14-7-9-19-10-8-14;/h2-10,12,15H,11H2,1H3,(H2,20,21,22,23);1H2/t15-;/m1./s1. The Morgan fingerprint density at radius 1 is 1.19 bits per heavy atom. The van der Waals surface area contributed by atoms with Crippen molar-refractivity contribution in [1.29, 1.82) is 0 Å². The van der Waals surface area contributed by atoms with E-state index in [-0.39, 0.29) is 25.6 Å². The molecular weight excluding hydrogens is 368 g/mol. The van der Waals surface area contributed by atoms with Crippen molar-refractivity contribution < 1.29 is 9.53 Å². The predicted molar refractivity (Wildman–Crippen MR) is 109 cm³/mol. The average molecular weight is 389 g/mol. The monoisotopic (exact) mass is 388 g/mol. The van der Waals surface area contributed by atoms with Crippen LogP contribution >= 0.6 is 24.8 Å². The van der Waals surface area contributed by atoms with Crippen LogP contribution in [0, 0.1) is 0 Å². The van der Waals surface area contributed by atoms with Crippen LogP contribution in [0.5, 0.6) is 0 Å². The van der Waals surface area contributed by atoms with Crippen LogP contribution in [-0.4, -0.2) is 29.7 Å². The van der Waals surface area contributed by atoms with Crippen molar-refractivity contribution in [3.05, 3.63) is 65.8 Å². The zero-order valence-corrected chi connectivity index (χ0v) is 16.0. The van der Waals surface area contributed by atoms with Crippen LogP contribution in [0.25, 0.3) is 11.3 Å². The number of aromatic nitrogens is 2. The number of thiazole rings is 1. The number of rotatable bonds is 6. The van der Waals surface area contributed by atoms with Crippen molar-refractivity contribution in [2.75, 3.05) is 19.0 Å². The molecule has 2 N–H and O–H groups in total. The Kier molecular flexibility index (Phi) is 7.58. The first-order chi connectivity index (χ1) is 12.3. The molecule has 0 aliphatic heterocycles. The summed E-state index contributed by atoms with van der Waals surface area (Å²) in [4.78, 5) is 20.7. The zero-order chi connectivity index (χ0) is 17.5. The highest BCUT2D eigenvalue weighted by atomic mass is 32.1. The summed E-state index contributed by atoms with van der Waals surface area (Å²) in [5, 5.41) is 8.12. The topological polar surface area (TPSA) is 76.1 Å². The van der Waals surface area contributed by atoms with E-state index in [9.17, 15) is 4.79 Å². The highest BCUT2D eigenvalue weighted by Gasteiger charge is 2.15. The van der Waals surface area contributed by atoms with E-state index in [2.05, 4.69) is 20.6 Å². The molecule has 136 valence electrons. The summed E-state index contributed by atoms with van der Waals surface area (Å²) in [5.74, 6) is 0. The van der Waals surface area contributed by atoms with Gasteiger partial charge in [-0.05, 0) is 17.7 Å². The number of ether oxygens (including phenoxy) is 1. The number of carbonyl (C=O) groups excluding carboxylic acids is 1. The molecule has 2 aromatic heterocycles. The minimum Gasteiger partial charge on any atom is -0.382 e. The number of hydrogen-bond acceptors (Lipinski definition) is 5. The van der Waals surface area contributed by atoms with Crippen molar-refractivity contribution in [2.45, 2.75) is 6.04 Å². The van der Waals surface area contributed by atoms with Gasteiger partial charge in [0.05, 0.1) is 18.3 Å². The predicted octanol–water partition coefficient (Wildman–Crippen LogP) is 3.83. The minimum atomic E-state index is -0.318. The molecule has 2 heterocycles. The van der Waals surface area contributed by atoms with E-state index in [1.54, 1.807) is 19.5 Å². The summed E-state index contributed by atoms with van der Waals surface area (Å²) in [6, 6.07) is 12.9. The van der Waals surface area contributed by atoms with Crippen molar-refractivity contribution in [1.82, 2.24) is 15.3 Å². The fourth-order valence-corrected chi connectivity index (χ4v) is 3.07. The van der Waals surface area contributed by atoms with E-state index in [1.807, 2.05) is 47.8 Å². The maximum Gasteiger partial charge on any atom is 0.321 e. The van der Waals surface area contributed by atoms with E-state index in [0.717, 1.165) is 16.8 Å². The van der Waals surface area contributed by atoms with Crippen LogP contribution in [0.2, 0.25) is 0 Å². The molecule has 8 heteroatoms. The lowest BCUT2D eigenvalue weighted by molar-refractivity contribution is 0.168. The van der Waals surface area contributed by atoms with Gasteiger partial charge in [0.15, 0.2) is 5.13 Å². The molecule has 26 heavy (non-hydrogen) atoms. The molecule has 3 aromatic rings. The lowest BCUT2D eigenvalue weighted by Crippen LogP contribution is -2.34. The Morgan fingerprint density at radius 2 is 1.92 bits per heavy atom. The van der Waals surface area contributed by atoms with E-state index < -0.39 is 0 Å². The SMILES string of the molecule is COC[C@@H](NC(=O)Nc1nc(-c2ccncc2)cs1)c1ccccc1.S. The van der Waals surface area contributed by atoms with E-state index in [0.29, 0.717) is 11.7 Å². The highest BCUT2D eigenvalue weighted by Crippen LogP contribution is 2.24. The third kappa shape index (κ3) is 5.29. The fraction of sp³-hybridized carbons (Fsp3) is 0.167. The lowest BCUT2D eigenvalue weighted by Gasteiger charge is -2.18. The first-order valence-corrected chi connectivity index (χ1v) is 8.61. The number of urea groups is 1. The number of nitrogens with one attached hydrogen (secondary N) is 2. The van der Waals surface area contributed by atoms with Gasteiger partial charge in [0.2, 0.25) is 0 Å². The second kappa shape index (κ2) is 9.91. The Hall–Kier alpha value is -2.42. The van der Waals surface area contributed by atoms with Gasteiger partial charge in [0.25, 0.3) is 0 Å². The zero-order valence-electron chi connectivity index (χ0n) is 14.2. The van der Waals surface area contributed by atoms with Crippen molar-refractivity contribution in [3.8, 4) is 11.3 Å². The smallest absolute Gasteiger partial charge is 0.321 e. The van der Waals surface area contributed by atoms with Gasteiger partial charge in [-0.1, -0.05) is 30.3 Å². The quantitative estimate of drug-likeness (QED) is 0.673. The third-order valence-corrected chi connectivity index (χ3v) is 4.30. The van der Waals surface area contributed by atoms with Gasteiger partial charge in [-0.3, -0.25) is 10.3 Å². The Labute approximate surface area is 163 Å². The van der Waals surface area contributed by atoms with Crippen LogP contribution in [0.4, 0.5) is 9.93 Å². The lowest BCUT2D eigenvalue weighted by atomic mass is 10.1. The molecule has 0 bridgehead atoms. The summed E-state index contributed by atoms with van der Waals surface area (Å²) in [6.07, 6.45) is 3.42. The summed E-state index contributed by atoms with van der Waals surface area (Å²) in [6.45, 7) is 0.386. The number of methoxy groups -OCH3 is 1. The summed E-state index contributed by atoms with van der Waals surface area (Å²) < 4.78 is 5.21. The third-order valence-electron chi connectivity index (χ3n) is 3.54. The Balaban J connectivity index is 0.00000243. The van der Waals surface area contributed by atoms with Crippen LogP contribution in [0.15, 0.2) is 60.2 Å². The molecule has 0 aliphatic rings. The second-order valence-electron chi connectivity index (χ2n) is 5.29. The van der Waals surface area contributed by atoms with E-state index >= 15 is 0 Å². The van der Waals surface area contributed by atoms with Gasteiger partial charge in [-0.15, -0.1) is 11.3 Å². The molecule has 1 atom stereocenters. The number of amides is 2. The molecule has 1 aromatic carbocycles. The first kappa shape index (κ1) is 19.9. The molecule has 3 rings (SSSR count). The van der Waals surface area contributed by atoms with E-state index in [1.165, 1.54) is 11.3 Å². The molecule has 6 nitrogen and oxygen atoms in total. The number of benzene rings is 1. The number of pyridine rings is 1. The van der Waals surface area contributed by atoms with Crippen LogP contribution in [0.1, 0.15) is 11.6 Å². The molecular formula is C18H20N4O2S2. The highest BCUT2D eigenvalue weighted by molar-refractivity contribution is 7.59. The second-order valence-corrected chi connectivity index (χ2v) is 6.15. The normalized spacial score (nSPS) is 11.3. The molecule has 0 spiro atoms. The number of anilines is 1. The van der Waals surface area contributed by atoms with Gasteiger partial charge >= 0.3 is 6.03 Å². The van der Waals surface area contributed by atoms with Crippen LogP contribution in [-0.2, 0) is 4.74 Å². The molecule has 0 aliphatic carbocycles. The summed E-state index contributed by atoms with van der Waals surface area (Å²) in [5.41, 5.74) is 2.75. The molecule has 0 unspecified atom stereocenters. The molecule has 0 radical (unpaired) electrons. The van der Waals surface area contributed by atoms with Gasteiger partial charge < -0.3 is 10.1 Å². The molecule has 0 saturated heterocycles. The first-order valence-electron chi connectivity index (χ1n) is 7.73. The number of carbonyl (C=O) groups is 1. The maximum atomic E-state index is 12.3. The number of nitrogens with zero attached hydrogens (tertiary/aromatic N) is 2. The van der Waals surface area contributed by atoms with Crippen LogP contribution in [0.3, 0.4) is 0 Å². The average Bonchev–Trinajstić information content (AvgIpc) is 3.11. The molecule has 0 saturated carbocycles. The van der Waals surface area contributed by atoms with Gasteiger partial charge in [0.1, 0.15) is 0 Å². The van der Waals surface area contributed by atoms with Gasteiger partial charge in [0, 0.05) is 30.4 Å². The van der Waals surface area contributed by atoms with Crippen molar-refractivity contribution in [2.24, 2.45) is 0 Å².